The van der Waals surface area contributed by atoms with Crippen LogP contribution >= 0.6 is 0 Å². The van der Waals surface area contributed by atoms with Gasteiger partial charge in [0.15, 0.2) is 0 Å². The fourth-order valence-corrected chi connectivity index (χ4v) is 1.46. The summed E-state index contributed by atoms with van der Waals surface area (Å²) in [5.41, 5.74) is 0. The molecule has 78 valence electrons. The van der Waals surface area contributed by atoms with Crippen LogP contribution in [0.1, 0.15) is 32.6 Å². The summed E-state index contributed by atoms with van der Waals surface area (Å²) in [5.74, 6) is 0. The number of rotatable bonds is 7. The number of likely N-dealkylation sites (N-methyl/N-ethyl adjacent to an activating group) is 1. The summed E-state index contributed by atoms with van der Waals surface area (Å²) in [6, 6.07) is 0.213. The molecular formula is C10H21NO2. The van der Waals surface area contributed by atoms with Crippen molar-refractivity contribution in [3.8, 4) is 0 Å². The van der Waals surface area contributed by atoms with Crippen LogP contribution in [0.3, 0.4) is 0 Å². The van der Waals surface area contributed by atoms with Gasteiger partial charge in [0.1, 0.15) is 0 Å². The molecule has 2 N–H and O–H groups in total. The molecule has 0 radical (unpaired) electrons. The van der Waals surface area contributed by atoms with Gasteiger partial charge in [0.2, 0.25) is 0 Å². The standard InChI is InChI=1S/C10H21NO2/c1-2-11-9(8-12)6-7-13-10-4-3-5-10/h9-12H,2-8H2,1H3. The Morgan fingerprint density at radius 3 is 2.77 bits per heavy atom. The van der Waals surface area contributed by atoms with Crippen LogP contribution in [0.25, 0.3) is 0 Å². The Hall–Kier alpha value is -0.120. The first-order valence-corrected chi connectivity index (χ1v) is 5.32. The molecule has 0 aromatic carbocycles. The van der Waals surface area contributed by atoms with Gasteiger partial charge in [0, 0.05) is 12.6 Å². The van der Waals surface area contributed by atoms with Crippen LogP contribution in [-0.2, 0) is 4.74 Å². The number of aliphatic hydroxyl groups excluding tert-OH is 1. The van der Waals surface area contributed by atoms with Crippen LogP contribution in [0.5, 0.6) is 0 Å². The minimum Gasteiger partial charge on any atom is -0.395 e. The summed E-state index contributed by atoms with van der Waals surface area (Å²) >= 11 is 0. The van der Waals surface area contributed by atoms with Gasteiger partial charge in [0.05, 0.1) is 12.7 Å². The van der Waals surface area contributed by atoms with Gasteiger partial charge in [-0.25, -0.2) is 0 Å². The Labute approximate surface area is 80.5 Å². The van der Waals surface area contributed by atoms with E-state index in [-0.39, 0.29) is 12.6 Å². The van der Waals surface area contributed by atoms with E-state index in [1.807, 2.05) is 0 Å². The summed E-state index contributed by atoms with van der Waals surface area (Å²) in [4.78, 5) is 0. The van der Waals surface area contributed by atoms with E-state index in [0.717, 1.165) is 19.6 Å². The first-order chi connectivity index (χ1) is 6.36. The monoisotopic (exact) mass is 187 g/mol. The van der Waals surface area contributed by atoms with Gasteiger partial charge < -0.3 is 15.2 Å². The van der Waals surface area contributed by atoms with Crippen molar-refractivity contribution in [1.29, 1.82) is 0 Å². The molecule has 0 aromatic rings. The molecule has 1 saturated carbocycles. The number of hydrogen-bond acceptors (Lipinski definition) is 3. The summed E-state index contributed by atoms with van der Waals surface area (Å²) < 4.78 is 5.61. The maximum atomic E-state index is 8.98. The highest BCUT2D eigenvalue weighted by molar-refractivity contribution is 4.70. The second-order valence-corrected chi connectivity index (χ2v) is 3.65. The van der Waals surface area contributed by atoms with E-state index in [0.29, 0.717) is 6.10 Å². The van der Waals surface area contributed by atoms with E-state index in [1.54, 1.807) is 0 Å². The molecule has 0 bridgehead atoms. The summed E-state index contributed by atoms with van der Waals surface area (Å²) in [7, 11) is 0. The van der Waals surface area contributed by atoms with Gasteiger partial charge in [-0.3, -0.25) is 0 Å². The molecule has 1 atom stereocenters. The molecule has 1 aliphatic rings. The van der Waals surface area contributed by atoms with E-state index in [2.05, 4.69) is 12.2 Å². The maximum absolute atomic E-state index is 8.98. The van der Waals surface area contributed by atoms with Crippen molar-refractivity contribution in [2.45, 2.75) is 44.8 Å². The van der Waals surface area contributed by atoms with Crippen molar-refractivity contribution < 1.29 is 9.84 Å². The average molecular weight is 187 g/mol. The second kappa shape index (κ2) is 6.35. The fourth-order valence-electron chi connectivity index (χ4n) is 1.46. The largest absolute Gasteiger partial charge is 0.395 e. The van der Waals surface area contributed by atoms with Gasteiger partial charge in [-0.05, 0) is 32.2 Å². The van der Waals surface area contributed by atoms with Crippen molar-refractivity contribution in [2.75, 3.05) is 19.8 Å². The molecule has 3 heteroatoms. The third-order valence-corrected chi connectivity index (χ3v) is 2.59. The number of aliphatic hydroxyl groups is 1. The predicted octanol–water partition coefficient (Wildman–Crippen LogP) is 0.916. The lowest BCUT2D eigenvalue weighted by Crippen LogP contribution is -2.34. The van der Waals surface area contributed by atoms with Crippen LogP contribution in [0.15, 0.2) is 0 Å². The summed E-state index contributed by atoms with van der Waals surface area (Å²) in [6.45, 7) is 3.95. The SMILES string of the molecule is CCNC(CO)CCOC1CCC1. The quantitative estimate of drug-likeness (QED) is 0.622. The first-order valence-electron chi connectivity index (χ1n) is 5.32. The Bertz CT molecular complexity index is 126. The smallest absolute Gasteiger partial charge is 0.0585 e. The van der Waals surface area contributed by atoms with Crippen LogP contribution < -0.4 is 5.32 Å². The molecule has 1 unspecified atom stereocenters. The molecule has 0 aromatic heterocycles. The summed E-state index contributed by atoms with van der Waals surface area (Å²) in [6.07, 6.45) is 5.21. The zero-order valence-corrected chi connectivity index (χ0v) is 8.46. The van der Waals surface area contributed by atoms with E-state index >= 15 is 0 Å². The van der Waals surface area contributed by atoms with E-state index in [4.69, 9.17) is 9.84 Å². The molecule has 1 fully saturated rings. The van der Waals surface area contributed by atoms with E-state index < -0.39 is 0 Å². The highest BCUT2D eigenvalue weighted by Gasteiger charge is 2.17. The van der Waals surface area contributed by atoms with Gasteiger partial charge in [-0.1, -0.05) is 6.92 Å². The molecule has 0 heterocycles. The minimum absolute atomic E-state index is 0.210. The van der Waals surface area contributed by atoms with Crippen molar-refractivity contribution in [3.05, 3.63) is 0 Å². The van der Waals surface area contributed by atoms with Crippen LogP contribution in [0.4, 0.5) is 0 Å². The number of ether oxygens (including phenoxy) is 1. The zero-order valence-electron chi connectivity index (χ0n) is 8.46. The lowest BCUT2D eigenvalue weighted by molar-refractivity contribution is -0.00360. The average Bonchev–Trinajstić information content (AvgIpc) is 2.07. The van der Waals surface area contributed by atoms with Crippen LogP contribution in [0.2, 0.25) is 0 Å². The van der Waals surface area contributed by atoms with Gasteiger partial charge in [-0.2, -0.15) is 0 Å². The summed E-state index contributed by atoms with van der Waals surface area (Å²) in [5, 5.41) is 12.2. The van der Waals surface area contributed by atoms with Crippen molar-refractivity contribution in [3.63, 3.8) is 0 Å². The molecule has 3 nitrogen and oxygen atoms in total. The molecule has 0 saturated heterocycles. The van der Waals surface area contributed by atoms with Crippen molar-refractivity contribution >= 4 is 0 Å². The second-order valence-electron chi connectivity index (χ2n) is 3.65. The minimum atomic E-state index is 0.210. The topological polar surface area (TPSA) is 41.5 Å². The number of nitrogens with one attached hydrogen (secondary N) is 1. The van der Waals surface area contributed by atoms with E-state index in [1.165, 1.54) is 19.3 Å². The molecule has 1 rings (SSSR count). The van der Waals surface area contributed by atoms with Crippen LogP contribution in [-0.4, -0.2) is 37.0 Å². The Morgan fingerprint density at radius 1 is 1.54 bits per heavy atom. The molecule has 1 aliphatic carbocycles. The Kier molecular flexibility index (Phi) is 5.35. The third kappa shape index (κ3) is 4.07. The number of hydrogen-bond donors (Lipinski definition) is 2. The molecule has 0 amide bonds. The van der Waals surface area contributed by atoms with Gasteiger partial charge in [-0.15, -0.1) is 0 Å². The van der Waals surface area contributed by atoms with Crippen molar-refractivity contribution in [2.24, 2.45) is 0 Å². The Morgan fingerprint density at radius 2 is 2.31 bits per heavy atom. The predicted molar refractivity (Wildman–Crippen MR) is 52.8 cm³/mol. The molecular weight excluding hydrogens is 166 g/mol. The fraction of sp³-hybridized carbons (Fsp3) is 1.00. The molecule has 0 spiro atoms. The lowest BCUT2D eigenvalue weighted by Gasteiger charge is -2.26. The normalized spacial score (nSPS) is 19.8. The highest BCUT2D eigenvalue weighted by atomic mass is 16.5. The lowest BCUT2D eigenvalue weighted by atomic mass is 9.96. The van der Waals surface area contributed by atoms with Crippen LogP contribution in [0, 0.1) is 0 Å². The highest BCUT2D eigenvalue weighted by Crippen LogP contribution is 2.21. The van der Waals surface area contributed by atoms with Gasteiger partial charge in [0.25, 0.3) is 0 Å². The molecule has 0 aliphatic heterocycles. The Balaban J connectivity index is 1.94. The first kappa shape index (κ1) is 11.0. The van der Waals surface area contributed by atoms with E-state index in [9.17, 15) is 0 Å². The third-order valence-electron chi connectivity index (χ3n) is 2.59. The zero-order chi connectivity index (χ0) is 9.52. The van der Waals surface area contributed by atoms with Gasteiger partial charge >= 0.3 is 0 Å². The molecule has 13 heavy (non-hydrogen) atoms. The van der Waals surface area contributed by atoms with Crippen molar-refractivity contribution in [1.82, 2.24) is 5.32 Å². The maximum Gasteiger partial charge on any atom is 0.0585 e.